The van der Waals surface area contributed by atoms with E-state index >= 15 is 0 Å². The van der Waals surface area contributed by atoms with Crippen LogP contribution in [0.1, 0.15) is 6.92 Å². The van der Waals surface area contributed by atoms with Crippen molar-refractivity contribution in [3.8, 4) is 0 Å². The lowest BCUT2D eigenvalue weighted by Crippen LogP contribution is -2.25. The van der Waals surface area contributed by atoms with Crippen LogP contribution in [-0.4, -0.2) is 25.4 Å². The third-order valence-corrected chi connectivity index (χ3v) is 3.70. The van der Waals surface area contributed by atoms with E-state index in [4.69, 9.17) is 5.21 Å². The summed E-state index contributed by atoms with van der Waals surface area (Å²) in [6.07, 6.45) is 0. The summed E-state index contributed by atoms with van der Waals surface area (Å²) in [5.41, 5.74) is 1.79. The number of hydroxylamine groups is 1. The Labute approximate surface area is 93.2 Å². The Kier molecular flexibility index (Phi) is 3.86. The van der Waals surface area contributed by atoms with Crippen LogP contribution in [0.3, 0.4) is 0 Å². The van der Waals surface area contributed by atoms with Gasteiger partial charge in [-0.15, -0.1) is 0 Å². The minimum absolute atomic E-state index is 0.0247. The van der Waals surface area contributed by atoms with Crippen LogP contribution in [0.25, 0.3) is 0 Å². The second-order valence-electron chi connectivity index (χ2n) is 2.99. The normalized spacial score (nSPS) is 10.9. The van der Waals surface area contributed by atoms with E-state index in [0.29, 0.717) is 5.69 Å². The van der Waals surface area contributed by atoms with E-state index in [0.717, 1.165) is 0 Å². The molecule has 1 aromatic carbocycles. The van der Waals surface area contributed by atoms with Crippen LogP contribution in [0.2, 0.25) is 0 Å². The molecule has 6 nitrogen and oxygen atoms in total. The lowest BCUT2D eigenvalue weighted by atomic mass is 10.3. The van der Waals surface area contributed by atoms with Gasteiger partial charge in [0.1, 0.15) is 0 Å². The third kappa shape index (κ3) is 2.94. The van der Waals surface area contributed by atoms with E-state index in [1.807, 2.05) is 0 Å². The number of carbonyl (C=O) groups is 1. The Morgan fingerprint density at radius 2 is 1.88 bits per heavy atom. The van der Waals surface area contributed by atoms with Gasteiger partial charge in [-0.3, -0.25) is 5.21 Å². The summed E-state index contributed by atoms with van der Waals surface area (Å²) in [7, 11) is -3.23. The molecule has 88 valence electrons. The van der Waals surface area contributed by atoms with E-state index < -0.39 is 15.9 Å². The predicted molar refractivity (Wildman–Crippen MR) is 58.1 cm³/mol. The quantitative estimate of drug-likeness (QED) is 0.545. The summed E-state index contributed by atoms with van der Waals surface area (Å²) in [4.78, 5) is 10.9. The summed E-state index contributed by atoms with van der Waals surface area (Å²) >= 11 is 0. The highest BCUT2D eigenvalue weighted by Gasteiger charge is 2.10. The molecule has 0 fully saturated rings. The van der Waals surface area contributed by atoms with Gasteiger partial charge in [-0.05, 0) is 24.3 Å². The molecule has 0 atom stereocenters. The van der Waals surface area contributed by atoms with Gasteiger partial charge in [0, 0.05) is 5.69 Å². The zero-order valence-corrected chi connectivity index (χ0v) is 9.41. The molecule has 2 amide bonds. The highest BCUT2D eigenvalue weighted by molar-refractivity contribution is 7.91. The SMILES string of the molecule is CCS(=O)(=O)c1ccc(NC(=O)NO)cc1. The molecule has 0 saturated carbocycles. The molecule has 7 heteroatoms. The molecule has 0 aromatic heterocycles. The minimum Gasteiger partial charge on any atom is -0.306 e. The van der Waals surface area contributed by atoms with Gasteiger partial charge in [0.05, 0.1) is 10.6 Å². The molecule has 16 heavy (non-hydrogen) atoms. The third-order valence-electron chi connectivity index (χ3n) is 1.95. The Morgan fingerprint density at radius 3 is 2.31 bits per heavy atom. The van der Waals surface area contributed by atoms with Crippen molar-refractivity contribution in [1.29, 1.82) is 0 Å². The molecule has 0 heterocycles. The fourth-order valence-corrected chi connectivity index (χ4v) is 1.96. The van der Waals surface area contributed by atoms with Crippen LogP contribution >= 0.6 is 0 Å². The van der Waals surface area contributed by atoms with E-state index in [2.05, 4.69) is 5.32 Å². The number of sulfone groups is 1. The molecule has 1 aromatic rings. The van der Waals surface area contributed by atoms with Crippen molar-refractivity contribution in [2.45, 2.75) is 11.8 Å². The molecular formula is C9H12N2O4S. The van der Waals surface area contributed by atoms with Crippen LogP contribution in [-0.2, 0) is 9.84 Å². The minimum atomic E-state index is -3.23. The monoisotopic (exact) mass is 244 g/mol. The highest BCUT2D eigenvalue weighted by atomic mass is 32.2. The van der Waals surface area contributed by atoms with Crippen molar-refractivity contribution >= 4 is 21.6 Å². The van der Waals surface area contributed by atoms with Gasteiger partial charge >= 0.3 is 6.03 Å². The van der Waals surface area contributed by atoms with Crippen molar-refractivity contribution < 1.29 is 18.4 Å². The lowest BCUT2D eigenvalue weighted by molar-refractivity contribution is 0.172. The van der Waals surface area contributed by atoms with Gasteiger partial charge in [0.2, 0.25) is 0 Å². The van der Waals surface area contributed by atoms with Gasteiger partial charge in [0.15, 0.2) is 9.84 Å². The smallest absolute Gasteiger partial charge is 0.306 e. The van der Waals surface area contributed by atoms with Crippen LogP contribution < -0.4 is 10.8 Å². The maximum Gasteiger partial charge on any atom is 0.342 e. The molecule has 0 aliphatic rings. The highest BCUT2D eigenvalue weighted by Crippen LogP contribution is 2.15. The van der Waals surface area contributed by atoms with Gasteiger partial charge in [0.25, 0.3) is 0 Å². The number of hydrogen-bond donors (Lipinski definition) is 3. The van der Waals surface area contributed by atoms with Crippen LogP contribution in [0.4, 0.5) is 10.5 Å². The molecule has 0 radical (unpaired) electrons. The van der Waals surface area contributed by atoms with E-state index in [-0.39, 0.29) is 10.6 Å². The van der Waals surface area contributed by atoms with Crippen molar-refractivity contribution in [1.82, 2.24) is 5.48 Å². The average Bonchev–Trinajstić information content (AvgIpc) is 2.29. The molecule has 0 unspecified atom stereocenters. The molecule has 0 aliphatic heterocycles. The fraction of sp³-hybridized carbons (Fsp3) is 0.222. The standard InChI is InChI=1S/C9H12N2O4S/c1-2-16(14,15)8-5-3-7(4-6-8)10-9(12)11-13/h3-6,13H,2H2,1H3,(H2,10,11,12). The number of anilines is 1. The first-order chi connectivity index (χ1) is 7.49. The summed E-state index contributed by atoms with van der Waals surface area (Å²) in [6, 6.07) is 4.89. The van der Waals surface area contributed by atoms with E-state index in [1.165, 1.54) is 29.7 Å². The van der Waals surface area contributed by atoms with Crippen LogP contribution in [0.15, 0.2) is 29.2 Å². The van der Waals surface area contributed by atoms with Crippen molar-refractivity contribution in [3.63, 3.8) is 0 Å². The molecular weight excluding hydrogens is 232 g/mol. The number of benzene rings is 1. The first kappa shape index (κ1) is 12.5. The fourth-order valence-electron chi connectivity index (χ4n) is 1.07. The summed E-state index contributed by atoms with van der Waals surface area (Å²) < 4.78 is 22.9. The molecule has 0 spiro atoms. The largest absolute Gasteiger partial charge is 0.342 e. The zero-order chi connectivity index (χ0) is 12.2. The number of carbonyl (C=O) groups excluding carboxylic acids is 1. The van der Waals surface area contributed by atoms with Crippen molar-refractivity contribution in [3.05, 3.63) is 24.3 Å². The Bertz CT molecular complexity index is 467. The number of hydrogen-bond acceptors (Lipinski definition) is 4. The molecule has 1 rings (SSSR count). The van der Waals surface area contributed by atoms with Gasteiger partial charge in [-0.25, -0.2) is 18.7 Å². The predicted octanol–water partition coefficient (Wildman–Crippen LogP) is 0.991. The van der Waals surface area contributed by atoms with Crippen molar-refractivity contribution in [2.75, 3.05) is 11.1 Å². The molecule has 0 bridgehead atoms. The van der Waals surface area contributed by atoms with E-state index in [1.54, 1.807) is 6.92 Å². The molecule has 0 saturated heterocycles. The van der Waals surface area contributed by atoms with E-state index in [9.17, 15) is 13.2 Å². The second-order valence-corrected chi connectivity index (χ2v) is 5.27. The average molecular weight is 244 g/mol. The van der Waals surface area contributed by atoms with Crippen LogP contribution in [0, 0.1) is 0 Å². The number of nitrogens with one attached hydrogen (secondary N) is 2. The van der Waals surface area contributed by atoms with Gasteiger partial charge < -0.3 is 5.32 Å². The summed E-state index contributed by atoms with van der Waals surface area (Å²) in [5.74, 6) is 0.0247. The van der Waals surface area contributed by atoms with Crippen molar-refractivity contribution in [2.24, 2.45) is 0 Å². The number of rotatable bonds is 3. The summed E-state index contributed by atoms with van der Waals surface area (Å²) in [6.45, 7) is 1.56. The topological polar surface area (TPSA) is 95.5 Å². The second kappa shape index (κ2) is 4.95. The lowest BCUT2D eigenvalue weighted by Gasteiger charge is -2.05. The first-order valence-electron chi connectivity index (χ1n) is 4.53. The number of urea groups is 1. The molecule has 0 aliphatic carbocycles. The zero-order valence-electron chi connectivity index (χ0n) is 8.60. The Hall–Kier alpha value is -1.60. The van der Waals surface area contributed by atoms with Crippen LogP contribution in [0.5, 0.6) is 0 Å². The van der Waals surface area contributed by atoms with Gasteiger partial charge in [-0.2, -0.15) is 0 Å². The molecule has 3 N–H and O–H groups in total. The first-order valence-corrected chi connectivity index (χ1v) is 6.18. The number of amides is 2. The van der Waals surface area contributed by atoms with Gasteiger partial charge in [-0.1, -0.05) is 6.92 Å². The maximum atomic E-state index is 11.5. The Balaban J connectivity index is 2.88. The maximum absolute atomic E-state index is 11.5. The Morgan fingerprint density at radius 1 is 1.31 bits per heavy atom. The summed E-state index contributed by atoms with van der Waals surface area (Å²) in [5, 5.41) is 10.6.